The minimum absolute atomic E-state index is 0.123. The van der Waals surface area contributed by atoms with E-state index in [0.29, 0.717) is 18.1 Å². The maximum Gasteiger partial charge on any atom is 0.310 e. The summed E-state index contributed by atoms with van der Waals surface area (Å²) < 4.78 is 22.2. The Bertz CT molecular complexity index is 730. The molecule has 0 N–H and O–H groups in total. The van der Waals surface area contributed by atoms with Crippen LogP contribution in [0.1, 0.15) is 18.1 Å². The molecule has 0 amide bonds. The Morgan fingerprint density at radius 1 is 1.00 bits per heavy atom. The number of methoxy groups -OCH3 is 2. The second-order valence-electron chi connectivity index (χ2n) is 5.18. The molecule has 0 saturated carbocycles. The number of esters is 1. The van der Waals surface area contributed by atoms with Crippen LogP contribution in [0.25, 0.3) is 0 Å². The van der Waals surface area contributed by atoms with Gasteiger partial charge in [-0.15, -0.1) is 0 Å². The van der Waals surface area contributed by atoms with Gasteiger partial charge in [0.05, 0.1) is 27.2 Å². The van der Waals surface area contributed by atoms with Gasteiger partial charge in [-0.25, -0.2) is 0 Å². The first kappa shape index (κ1) is 19.1. The number of hydrogen-bond acceptors (Lipinski definition) is 5. The van der Waals surface area contributed by atoms with Crippen LogP contribution >= 0.6 is 15.9 Å². The van der Waals surface area contributed by atoms with Gasteiger partial charge in [-0.3, -0.25) is 4.79 Å². The SMILES string of the molecule is CCOc1ccccc1COC(=O)Cc1cc(OC)c(OC)cc1Br. The van der Waals surface area contributed by atoms with Crippen LogP contribution in [0.2, 0.25) is 0 Å². The Morgan fingerprint density at radius 2 is 1.68 bits per heavy atom. The average Bonchev–Trinajstić information content (AvgIpc) is 2.62. The number of hydrogen-bond donors (Lipinski definition) is 0. The zero-order valence-corrected chi connectivity index (χ0v) is 16.1. The zero-order valence-electron chi connectivity index (χ0n) is 14.5. The molecule has 0 spiro atoms. The first-order chi connectivity index (χ1) is 12.1. The molecule has 0 aliphatic heterocycles. The van der Waals surface area contributed by atoms with E-state index in [9.17, 15) is 4.79 Å². The van der Waals surface area contributed by atoms with E-state index in [4.69, 9.17) is 18.9 Å². The van der Waals surface area contributed by atoms with Gasteiger partial charge in [0.2, 0.25) is 0 Å². The first-order valence-corrected chi connectivity index (χ1v) is 8.65. The molecule has 0 bridgehead atoms. The summed E-state index contributed by atoms with van der Waals surface area (Å²) in [5, 5.41) is 0. The van der Waals surface area contributed by atoms with Crippen LogP contribution in [0.15, 0.2) is 40.9 Å². The molecule has 0 aliphatic carbocycles. The van der Waals surface area contributed by atoms with Crippen LogP contribution in [-0.4, -0.2) is 26.8 Å². The molecule has 0 heterocycles. The van der Waals surface area contributed by atoms with Crippen molar-refractivity contribution in [3.8, 4) is 17.2 Å². The van der Waals surface area contributed by atoms with Gasteiger partial charge in [0, 0.05) is 10.0 Å². The Kier molecular flexibility index (Phi) is 7.13. The van der Waals surface area contributed by atoms with E-state index in [2.05, 4.69) is 15.9 Å². The van der Waals surface area contributed by atoms with Crippen molar-refractivity contribution in [2.24, 2.45) is 0 Å². The number of halogens is 1. The molecule has 2 rings (SSSR count). The quantitative estimate of drug-likeness (QED) is 0.614. The summed E-state index contributed by atoms with van der Waals surface area (Å²) in [5.41, 5.74) is 1.60. The summed E-state index contributed by atoms with van der Waals surface area (Å²) in [5.74, 6) is 1.55. The number of carbonyl (C=O) groups excluding carboxylic acids is 1. The molecule has 0 atom stereocenters. The predicted octanol–water partition coefficient (Wildman–Crippen LogP) is 4.15. The number of ether oxygens (including phenoxy) is 4. The van der Waals surface area contributed by atoms with Crippen LogP contribution in [-0.2, 0) is 22.6 Å². The van der Waals surface area contributed by atoms with Crippen molar-refractivity contribution >= 4 is 21.9 Å². The van der Waals surface area contributed by atoms with Crippen molar-refractivity contribution in [3.63, 3.8) is 0 Å². The zero-order chi connectivity index (χ0) is 18.2. The van der Waals surface area contributed by atoms with Crippen LogP contribution in [0.3, 0.4) is 0 Å². The van der Waals surface area contributed by atoms with Crippen molar-refractivity contribution in [2.75, 3.05) is 20.8 Å². The standard InChI is InChI=1S/C19H21BrO5/c1-4-24-16-8-6-5-7-13(16)12-25-19(21)10-14-9-17(22-2)18(23-3)11-15(14)20/h5-9,11H,4,10,12H2,1-3H3. The van der Waals surface area contributed by atoms with Gasteiger partial charge in [0.1, 0.15) is 12.4 Å². The molecule has 0 radical (unpaired) electrons. The minimum Gasteiger partial charge on any atom is -0.493 e. The van der Waals surface area contributed by atoms with Gasteiger partial charge < -0.3 is 18.9 Å². The maximum atomic E-state index is 12.2. The number of carbonyl (C=O) groups is 1. The molecular weight excluding hydrogens is 388 g/mol. The third-order valence-electron chi connectivity index (χ3n) is 3.55. The molecule has 2 aromatic rings. The third kappa shape index (κ3) is 5.13. The summed E-state index contributed by atoms with van der Waals surface area (Å²) in [4.78, 5) is 12.2. The number of para-hydroxylation sites is 1. The molecule has 0 saturated heterocycles. The van der Waals surface area contributed by atoms with E-state index in [0.717, 1.165) is 21.3 Å². The maximum absolute atomic E-state index is 12.2. The van der Waals surface area contributed by atoms with Crippen molar-refractivity contribution in [3.05, 3.63) is 52.0 Å². The average molecular weight is 409 g/mol. The van der Waals surface area contributed by atoms with E-state index < -0.39 is 0 Å². The topological polar surface area (TPSA) is 54.0 Å². The fourth-order valence-electron chi connectivity index (χ4n) is 2.32. The van der Waals surface area contributed by atoms with Crippen molar-refractivity contribution in [2.45, 2.75) is 20.0 Å². The second kappa shape index (κ2) is 9.32. The third-order valence-corrected chi connectivity index (χ3v) is 4.29. The van der Waals surface area contributed by atoms with E-state index in [1.54, 1.807) is 26.4 Å². The lowest BCUT2D eigenvalue weighted by atomic mass is 10.1. The summed E-state index contributed by atoms with van der Waals surface area (Å²) >= 11 is 3.44. The predicted molar refractivity (Wildman–Crippen MR) is 98.4 cm³/mol. The number of benzene rings is 2. The van der Waals surface area contributed by atoms with Crippen LogP contribution in [0.5, 0.6) is 17.2 Å². The van der Waals surface area contributed by atoms with Crippen molar-refractivity contribution in [1.29, 1.82) is 0 Å². The summed E-state index contributed by atoms with van der Waals surface area (Å²) in [7, 11) is 3.12. The van der Waals surface area contributed by atoms with E-state index in [1.807, 2.05) is 31.2 Å². The van der Waals surface area contributed by atoms with Crippen molar-refractivity contribution in [1.82, 2.24) is 0 Å². The molecule has 25 heavy (non-hydrogen) atoms. The van der Waals surface area contributed by atoms with Gasteiger partial charge in [0.25, 0.3) is 0 Å². The van der Waals surface area contributed by atoms with E-state index in [-0.39, 0.29) is 19.0 Å². The van der Waals surface area contributed by atoms with E-state index >= 15 is 0 Å². The van der Waals surface area contributed by atoms with Crippen LogP contribution in [0, 0.1) is 0 Å². The fourth-order valence-corrected chi connectivity index (χ4v) is 2.78. The fraction of sp³-hybridized carbons (Fsp3) is 0.316. The molecule has 0 aliphatic rings. The highest BCUT2D eigenvalue weighted by molar-refractivity contribution is 9.10. The molecule has 5 nitrogen and oxygen atoms in total. The molecule has 0 fully saturated rings. The lowest BCUT2D eigenvalue weighted by molar-refractivity contribution is -0.144. The Balaban J connectivity index is 2.04. The lowest BCUT2D eigenvalue weighted by Crippen LogP contribution is -2.09. The first-order valence-electron chi connectivity index (χ1n) is 7.85. The van der Waals surface area contributed by atoms with Gasteiger partial charge in [0.15, 0.2) is 11.5 Å². The molecule has 6 heteroatoms. The van der Waals surface area contributed by atoms with E-state index in [1.165, 1.54) is 0 Å². The van der Waals surface area contributed by atoms with Crippen LogP contribution < -0.4 is 14.2 Å². The molecule has 0 aromatic heterocycles. The second-order valence-corrected chi connectivity index (χ2v) is 6.03. The Morgan fingerprint density at radius 3 is 2.36 bits per heavy atom. The normalized spacial score (nSPS) is 10.2. The Hall–Kier alpha value is -2.21. The van der Waals surface area contributed by atoms with Gasteiger partial charge in [-0.1, -0.05) is 34.1 Å². The summed E-state index contributed by atoms with van der Waals surface area (Å²) in [6.45, 7) is 2.64. The molecule has 134 valence electrons. The van der Waals surface area contributed by atoms with Gasteiger partial charge in [-0.2, -0.15) is 0 Å². The lowest BCUT2D eigenvalue weighted by Gasteiger charge is -2.13. The molecule has 2 aromatic carbocycles. The smallest absolute Gasteiger partial charge is 0.310 e. The monoisotopic (exact) mass is 408 g/mol. The van der Waals surface area contributed by atoms with Gasteiger partial charge in [-0.05, 0) is 30.7 Å². The Labute approximate surface area is 156 Å². The molecule has 0 unspecified atom stereocenters. The molecular formula is C19H21BrO5. The van der Waals surface area contributed by atoms with Crippen LogP contribution in [0.4, 0.5) is 0 Å². The van der Waals surface area contributed by atoms with Crippen molar-refractivity contribution < 1.29 is 23.7 Å². The highest BCUT2D eigenvalue weighted by atomic mass is 79.9. The summed E-state index contributed by atoms with van der Waals surface area (Å²) in [6.07, 6.45) is 0.123. The highest BCUT2D eigenvalue weighted by Gasteiger charge is 2.14. The van der Waals surface area contributed by atoms with Gasteiger partial charge >= 0.3 is 5.97 Å². The minimum atomic E-state index is -0.334. The summed E-state index contributed by atoms with van der Waals surface area (Å²) in [6, 6.07) is 11.0. The highest BCUT2D eigenvalue weighted by Crippen LogP contribution is 2.33. The number of rotatable bonds is 8. The largest absolute Gasteiger partial charge is 0.493 e.